The fourth-order valence-corrected chi connectivity index (χ4v) is 4.09. The van der Waals surface area contributed by atoms with Crippen LogP contribution >= 0.6 is 0 Å². The first-order chi connectivity index (χ1) is 12.4. The molecule has 0 radical (unpaired) electrons. The van der Waals surface area contributed by atoms with Crippen molar-refractivity contribution in [1.82, 2.24) is 0 Å². The van der Waals surface area contributed by atoms with E-state index in [0.717, 1.165) is 25.1 Å². The number of aliphatic hydroxyl groups is 1. The highest BCUT2D eigenvalue weighted by Crippen LogP contribution is 2.49. The molecule has 0 heterocycles. The van der Waals surface area contributed by atoms with E-state index in [1.807, 2.05) is 0 Å². The number of hydrogen-bond donors (Lipinski definition) is 1. The third kappa shape index (κ3) is 3.29. The lowest BCUT2D eigenvalue weighted by molar-refractivity contribution is 0.0165. The highest BCUT2D eigenvalue weighted by atomic mass is 32.2. The number of rotatable bonds is 4. The minimum absolute atomic E-state index is 0.00431. The molecule has 0 bridgehead atoms. The van der Waals surface area contributed by atoms with Crippen LogP contribution in [0.1, 0.15) is 29.7 Å². The van der Waals surface area contributed by atoms with Crippen molar-refractivity contribution in [1.29, 1.82) is 0 Å². The van der Waals surface area contributed by atoms with Gasteiger partial charge in [0.2, 0.25) is 9.84 Å². The first kappa shape index (κ1) is 19.6. The van der Waals surface area contributed by atoms with Crippen LogP contribution in [-0.4, -0.2) is 25.0 Å². The number of benzene rings is 2. The van der Waals surface area contributed by atoms with E-state index in [4.69, 9.17) is 4.74 Å². The number of fused-ring (bicyclic) bond motifs is 1. The fraction of sp³-hybridized carbons (Fsp3) is 0.333. The summed E-state index contributed by atoms with van der Waals surface area (Å²) in [6.07, 6.45) is -2.33. The highest BCUT2D eigenvalue weighted by molar-refractivity contribution is 7.91. The van der Waals surface area contributed by atoms with Gasteiger partial charge >= 0.3 is 5.76 Å². The molecule has 0 fully saturated rings. The van der Waals surface area contributed by atoms with Crippen LogP contribution in [-0.2, 0) is 16.3 Å². The van der Waals surface area contributed by atoms with E-state index in [2.05, 4.69) is 0 Å². The minimum Gasteiger partial charge on any atom is -0.457 e. The van der Waals surface area contributed by atoms with Gasteiger partial charge in [-0.25, -0.2) is 17.2 Å². The first-order valence-electron chi connectivity index (χ1n) is 7.94. The predicted octanol–water partition coefficient (Wildman–Crippen LogP) is 4.24. The summed E-state index contributed by atoms with van der Waals surface area (Å²) in [7, 11) is -5.05. The molecule has 2 atom stereocenters. The second-order valence-electron chi connectivity index (χ2n) is 6.63. The third-order valence-electron chi connectivity index (χ3n) is 4.54. The topological polar surface area (TPSA) is 63.6 Å². The van der Waals surface area contributed by atoms with Gasteiger partial charge in [0.1, 0.15) is 29.1 Å². The summed E-state index contributed by atoms with van der Waals surface area (Å²) in [5.41, 5.74) is -2.42. The Kier molecular flexibility index (Phi) is 4.72. The average Bonchev–Trinajstić information content (AvgIpc) is 2.82. The van der Waals surface area contributed by atoms with Gasteiger partial charge in [-0.2, -0.15) is 8.78 Å². The van der Waals surface area contributed by atoms with Crippen LogP contribution in [0.15, 0.2) is 35.2 Å². The number of halogens is 4. The molecule has 0 aromatic heterocycles. The van der Waals surface area contributed by atoms with Gasteiger partial charge in [0.25, 0.3) is 0 Å². The molecular weight excluding hydrogens is 388 g/mol. The Morgan fingerprint density at radius 1 is 1.26 bits per heavy atom. The van der Waals surface area contributed by atoms with Crippen molar-refractivity contribution in [2.24, 2.45) is 0 Å². The third-order valence-corrected chi connectivity index (χ3v) is 5.98. The number of aryl methyl sites for hydroxylation is 1. The smallest absolute Gasteiger partial charge is 0.341 e. The molecule has 0 spiro atoms. The van der Waals surface area contributed by atoms with Gasteiger partial charge in [0.15, 0.2) is 0 Å². The van der Waals surface area contributed by atoms with E-state index in [1.54, 1.807) is 0 Å². The Hall–Kier alpha value is -2.13. The van der Waals surface area contributed by atoms with Crippen molar-refractivity contribution < 1.29 is 35.8 Å². The van der Waals surface area contributed by atoms with Crippen LogP contribution < -0.4 is 4.74 Å². The van der Waals surface area contributed by atoms with E-state index in [9.17, 15) is 31.1 Å². The maximum Gasteiger partial charge on any atom is 0.341 e. The Labute approximate surface area is 153 Å². The van der Waals surface area contributed by atoms with Crippen LogP contribution in [0.25, 0.3) is 0 Å². The minimum atomic E-state index is -5.05. The first-order valence-corrected chi connectivity index (χ1v) is 9.48. The van der Waals surface area contributed by atoms with Gasteiger partial charge in [-0.05, 0) is 49.7 Å². The zero-order valence-corrected chi connectivity index (χ0v) is 15.2. The van der Waals surface area contributed by atoms with Gasteiger partial charge in [0.05, 0.1) is 4.90 Å². The summed E-state index contributed by atoms with van der Waals surface area (Å²) in [4.78, 5) is -0.830. The molecule has 1 N–H and O–H groups in total. The normalized spacial score (nSPS) is 22.1. The van der Waals surface area contributed by atoms with Gasteiger partial charge in [-0.3, -0.25) is 0 Å². The number of alkyl halides is 3. The lowest BCUT2D eigenvalue weighted by Gasteiger charge is -2.19. The summed E-state index contributed by atoms with van der Waals surface area (Å²) in [6.45, 7) is 2.55. The predicted molar refractivity (Wildman–Crippen MR) is 89.0 cm³/mol. The number of aliphatic hydroxyl groups excluding tert-OH is 1. The van der Waals surface area contributed by atoms with Crippen molar-refractivity contribution in [2.45, 2.75) is 42.7 Å². The van der Waals surface area contributed by atoms with Crippen LogP contribution in [0, 0.1) is 12.7 Å². The second kappa shape index (κ2) is 6.49. The Bertz CT molecular complexity index is 1000. The fourth-order valence-electron chi connectivity index (χ4n) is 3.10. The van der Waals surface area contributed by atoms with E-state index < -0.39 is 50.1 Å². The quantitative estimate of drug-likeness (QED) is 0.775. The zero-order valence-electron chi connectivity index (χ0n) is 14.3. The molecule has 27 heavy (non-hydrogen) atoms. The molecule has 0 saturated heterocycles. The molecule has 0 aliphatic heterocycles. The molecular formula is C18H16F4O4S. The Morgan fingerprint density at radius 2 is 1.93 bits per heavy atom. The SMILES string of the molecule is Cc1cc(Oc2ccc(S(=O)(=O)C(F)F)c3c2CC(C)(F)C3O)ccc1F. The van der Waals surface area contributed by atoms with Crippen LogP contribution in [0.4, 0.5) is 17.6 Å². The van der Waals surface area contributed by atoms with E-state index >= 15 is 0 Å². The molecule has 1 aliphatic carbocycles. The zero-order chi connectivity index (χ0) is 20.1. The average molecular weight is 404 g/mol. The molecule has 0 amide bonds. The summed E-state index contributed by atoms with van der Waals surface area (Å²) >= 11 is 0. The number of sulfone groups is 1. The lowest BCUT2D eigenvalue weighted by Crippen LogP contribution is -2.24. The van der Waals surface area contributed by atoms with E-state index in [1.165, 1.54) is 19.1 Å². The summed E-state index contributed by atoms with van der Waals surface area (Å²) < 4.78 is 83.5. The van der Waals surface area contributed by atoms with Crippen molar-refractivity contribution in [2.75, 3.05) is 0 Å². The standard InChI is InChI=1S/C18H16F4O4S/c1-9-7-10(3-4-12(9)19)26-13-5-6-14(27(24,25)17(20)21)15-11(13)8-18(2,22)16(15)23/h3-7,16-17,23H,8H2,1-2H3. The van der Waals surface area contributed by atoms with Crippen molar-refractivity contribution in [3.8, 4) is 11.5 Å². The molecule has 1 aliphatic rings. The summed E-state index contributed by atoms with van der Waals surface area (Å²) in [5.74, 6) is -3.98. The Morgan fingerprint density at radius 3 is 2.52 bits per heavy atom. The van der Waals surface area contributed by atoms with Crippen molar-refractivity contribution >= 4 is 9.84 Å². The molecule has 4 nitrogen and oxygen atoms in total. The maximum atomic E-state index is 14.7. The largest absolute Gasteiger partial charge is 0.457 e. The maximum absolute atomic E-state index is 14.7. The number of hydrogen-bond acceptors (Lipinski definition) is 4. The van der Waals surface area contributed by atoms with Gasteiger partial charge in [-0.1, -0.05) is 0 Å². The molecule has 9 heteroatoms. The van der Waals surface area contributed by atoms with Crippen LogP contribution in [0.2, 0.25) is 0 Å². The second-order valence-corrected chi connectivity index (χ2v) is 8.52. The molecule has 2 unspecified atom stereocenters. The van der Waals surface area contributed by atoms with E-state index in [-0.39, 0.29) is 22.6 Å². The molecule has 3 rings (SSSR count). The van der Waals surface area contributed by atoms with Gasteiger partial charge < -0.3 is 9.84 Å². The Balaban J connectivity index is 2.15. The molecule has 0 saturated carbocycles. The monoisotopic (exact) mass is 404 g/mol. The van der Waals surface area contributed by atoms with Gasteiger partial charge in [0, 0.05) is 17.5 Å². The molecule has 146 valence electrons. The summed E-state index contributed by atoms with van der Waals surface area (Å²) in [5, 5.41) is 10.2. The molecule has 2 aromatic rings. The van der Waals surface area contributed by atoms with Crippen LogP contribution in [0.3, 0.4) is 0 Å². The van der Waals surface area contributed by atoms with E-state index in [0.29, 0.717) is 0 Å². The number of ether oxygens (including phenoxy) is 1. The highest BCUT2D eigenvalue weighted by Gasteiger charge is 2.47. The molecule has 2 aromatic carbocycles. The van der Waals surface area contributed by atoms with Crippen LogP contribution in [0.5, 0.6) is 11.5 Å². The van der Waals surface area contributed by atoms with Crippen molar-refractivity contribution in [3.63, 3.8) is 0 Å². The van der Waals surface area contributed by atoms with Gasteiger partial charge in [-0.15, -0.1) is 0 Å². The van der Waals surface area contributed by atoms with Crippen molar-refractivity contribution in [3.05, 3.63) is 52.8 Å². The lowest BCUT2D eigenvalue weighted by atomic mass is 10.0. The summed E-state index contributed by atoms with van der Waals surface area (Å²) in [6, 6.07) is 5.84.